The first-order valence-corrected chi connectivity index (χ1v) is 5.98. The molecule has 4 N–H and O–H groups in total. The van der Waals surface area contributed by atoms with Gasteiger partial charge in [0.1, 0.15) is 0 Å². The first-order chi connectivity index (χ1) is 9.47. The van der Waals surface area contributed by atoms with Crippen LogP contribution >= 0.6 is 0 Å². The molecule has 0 radical (unpaired) electrons. The number of carboxylic acid groups (broad SMARTS) is 1. The van der Waals surface area contributed by atoms with Crippen molar-refractivity contribution in [3.63, 3.8) is 0 Å². The second-order valence-corrected chi connectivity index (χ2v) is 4.43. The molecule has 2 aromatic rings. The van der Waals surface area contributed by atoms with Crippen LogP contribution in [0.4, 0.5) is 11.4 Å². The van der Waals surface area contributed by atoms with Crippen molar-refractivity contribution in [2.45, 2.75) is 6.92 Å². The van der Waals surface area contributed by atoms with Gasteiger partial charge in [-0.3, -0.25) is 4.79 Å². The zero-order chi connectivity index (χ0) is 14.7. The van der Waals surface area contributed by atoms with E-state index in [0.29, 0.717) is 11.4 Å². The van der Waals surface area contributed by atoms with Crippen molar-refractivity contribution in [1.29, 1.82) is 0 Å². The molecule has 0 atom stereocenters. The number of nitrogens with one attached hydrogen (secondary N) is 1. The van der Waals surface area contributed by atoms with Gasteiger partial charge in [0, 0.05) is 11.4 Å². The minimum absolute atomic E-state index is 0.0770. The first kappa shape index (κ1) is 13.6. The van der Waals surface area contributed by atoms with Gasteiger partial charge in [0.2, 0.25) is 0 Å². The van der Waals surface area contributed by atoms with E-state index in [2.05, 4.69) is 5.32 Å². The molecule has 20 heavy (non-hydrogen) atoms. The molecular weight excluding hydrogens is 256 g/mol. The first-order valence-electron chi connectivity index (χ1n) is 5.98. The van der Waals surface area contributed by atoms with Crippen molar-refractivity contribution >= 4 is 23.3 Å². The molecule has 102 valence electrons. The highest BCUT2D eigenvalue weighted by Gasteiger charge is 2.16. The van der Waals surface area contributed by atoms with Gasteiger partial charge in [-0.05, 0) is 42.8 Å². The van der Waals surface area contributed by atoms with Gasteiger partial charge in [-0.2, -0.15) is 0 Å². The third-order valence-corrected chi connectivity index (χ3v) is 2.79. The number of rotatable bonds is 3. The fourth-order valence-electron chi connectivity index (χ4n) is 1.86. The topological polar surface area (TPSA) is 92.4 Å². The minimum atomic E-state index is -1.19. The maximum atomic E-state index is 12.1. The minimum Gasteiger partial charge on any atom is -0.478 e. The SMILES string of the molecule is Cc1cccc(NC(=O)c2ccc(N)cc2C(=O)O)c1. The molecular formula is C15H14N2O3. The van der Waals surface area contributed by atoms with Crippen molar-refractivity contribution in [1.82, 2.24) is 0 Å². The summed E-state index contributed by atoms with van der Waals surface area (Å²) in [7, 11) is 0. The van der Waals surface area contributed by atoms with Gasteiger partial charge in [-0.1, -0.05) is 12.1 Å². The maximum Gasteiger partial charge on any atom is 0.336 e. The summed E-state index contributed by atoms with van der Waals surface area (Å²) < 4.78 is 0. The van der Waals surface area contributed by atoms with E-state index in [0.717, 1.165) is 5.56 Å². The lowest BCUT2D eigenvalue weighted by Gasteiger charge is -2.09. The number of anilines is 2. The number of carboxylic acids is 1. The molecule has 0 saturated carbocycles. The number of benzene rings is 2. The van der Waals surface area contributed by atoms with E-state index >= 15 is 0 Å². The molecule has 0 unspecified atom stereocenters. The summed E-state index contributed by atoms with van der Waals surface area (Å²) in [6, 6.07) is 11.4. The molecule has 0 aliphatic heterocycles. The highest BCUT2D eigenvalue weighted by atomic mass is 16.4. The Morgan fingerprint density at radius 3 is 2.50 bits per heavy atom. The smallest absolute Gasteiger partial charge is 0.336 e. The van der Waals surface area contributed by atoms with Crippen molar-refractivity contribution in [3.05, 3.63) is 59.2 Å². The van der Waals surface area contributed by atoms with E-state index in [1.807, 2.05) is 19.1 Å². The number of nitrogen functional groups attached to an aromatic ring is 1. The van der Waals surface area contributed by atoms with Gasteiger partial charge in [0.25, 0.3) is 5.91 Å². The van der Waals surface area contributed by atoms with E-state index in [1.54, 1.807) is 12.1 Å². The van der Waals surface area contributed by atoms with Crippen LogP contribution in [0.5, 0.6) is 0 Å². The predicted molar refractivity (Wildman–Crippen MR) is 76.9 cm³/mol. The summed E-state index contributed by atoms with van der Waals surface area (Å²) in [5.41, 5.74) is 7.42. The number of amides is 1. The maximum absolute atomic E-state index is 12.1. The molecule has 2 rings (SSSR count). The molecule has 0 heterocycles. The van der Waals surface area contributed by atoms with Crippen LogP contribution in [0, 0.1) is 6.92 Å². The molecule has 0 aliphatic carbocycles. The van der Waals surface area contributed by atoms with Crippen molar-refractivity contribution in [3.8, 4) is 0 Å². The van der Waals surface area contributed by atoms with Crippen molar-refractivity contribution in [2.75, 3.05) is 11.1 Å². The van der Waals surface area contributed by atoms with Gasteiger partial charge >= 0.3 is 5.97 Å². The summed E-state index contributed by atoms with van der Waals surface area (Å²) in [4.78, 5) is 23.3. The van der Waals surface area contributed by atoms with E-state index in [-0.39, 0.29) is 11.1 Å². The lowest BCUT2D eigenvalue weighted by atomic mass is 10.1. The third kappa shape index (κ3) is 2.95. The monoisotopic (exact) mass is 270 g/mol. The van der Waals surface area contributed by atoms with E-state index in [4.69, 9.17) is 10.8 Å². The van der Waals surface area contributed by atoms with Crippen LogP contribution in [0.2, 0.25) is 0 Å². The average Bonchev–Trinajstić information content (AvgIpc) is 2.38. The Balaban J connectivity index is 2.32. The quantitative estimate of drug-likeness (QED) is 0.747. The summed E-state index contributed by atoms with van der Waals surface area (Å²) in [5, 5.41) is 11.8. The second-order valence-electron chi connectivity index (χ2n) is 4.43. The summed E-state index contributed by atoms with van der Waals surface area (Å²) in [6.07, 6.45) is 0. The highest BCUT2D eigenvalue weighted by molar-refractivity contribution is 6.11. The number of carbonyl (C=O) groups is 2. The van der Waals surface area contributed by atoms with Crippen LogP contribution in [0.1, 0.15) is 26.3 Å². The molecule has 5 nitrogen and oxygen atoms in total. The highest BCUT2D eigenvalue weighted by Crippen LogP contribution is 2.17. The fraction of sp³-hybridized carbons (Fsp3) is 0.0667. The zero-order valence-electron chi connectivity index (χ0n) is 10.9. The Hall–Kier alpha value is -2.82. The molecule has 0 saturated heterocycles. The molecule has 0 aromatic heterocycles. The van der Waals surface area contributed by atoms with Crippen LogP contribution in [0.3, 0.4) is 0 Å². The number of hydrogen-bond acceptors (Lipinski definition) is 3. The number of hydrogen-bond donors (Lipinski definition) is 3. The third-order valence-electron chi connectivity index (χ3n) is 2.79. The van der Waals surface area contributed by atoms with Crippen LogP contribution < -0.4 is 11.1 Å². The Labute approximate surface area is 116 Å². The average molecular weight is 270 g/mol. The molecule has 5 heteroatoms. The molecule has 0 aliphatic rings. The molecule has 0 fully saturated rings. The number of aromatic carboxylic acids is 1. The second kappa shape index (κ2) is 5.44. The Morgan fingerprint density at radius 1 is 1.10 bits per heavy atom. The largest absolute Gasteiger partial charge is 0.478 e. The van der Waals surface area contributed by atoms with Crippen LogP contribution in [-0.4, -0.2) is 17.0 Å². The fourth-order valence-corrected chi connectivity index (χ4v) is 1.86. The lowest BCUT2D eigenvalue weighted by molar-refractivity contribution is 0.0692. The number of carbonyl (C=O) groups excluding carboxylic acids is 1. The van der Waals surface area contributed by atoms with Gasteiger partial charge in [-0.25, -0.2) is 4.79 Å². The van der Waals surface area contributed by atoms with E-state index in [9.17, 15) is 9.59 Å². The molecule has 0 spiro atoms. The molecule has 0 bridgehead atoms. The number of aryl methyl sites for hydroxylation is 1. The normalized spacial score (nSPS) is 10.1. The standard InChI is InChI=1S/C15H14N2O3/c1-9-3-2-4-11(7-9)17-14(18)12-6-5-10(16)8-13(12)15(19)20/h2-8H,16H2,1H3,(H,17,18)(H,19,20). The summed E-state index contributed by atoms with van der Waals surface area (Å²) >= 11 is 0. The Morgan fingerprint density at radius 2 is 1.85 bits per heavy atom. The van der Waals surface area contributed by atoms with Crippen LogP contribution in [0.15, 0.2) is 42.5 Å². The van der Waals surface area contributed by atoms with E-state index < -0.39 is 11.9 Å². The van der Waals surface area contributed by atoms with Gasteiger partial charge in [0.15, 0.2) is 0 Å². The Bertz CT molecular complexity index is 681. The van der Waals surface area contributed by atoms with Crippen LogP contribution in [0.25, 0.3) is 0 Å². The van der Waals surface area contributed by atoms with Gasteiger partial charge < -0.3 is 16.2 Å². The zero-order valence-corrected chi connectivity index (χ0v) is 10.9. The van der Waals surface area contributed by atoms with Crippen molar-refractivity contribution < 1.29 is 14.7 Å². The summed E-state index contributed by atoms with van der Waals surface area (Å²) in [6.45, 7) is 1.90. The lowest BCUT2D eigenvalue weighted by Crippen LogP contribution is -2.16. The predicted octanol–water partition coefficient (Wildman–Crippen LogP) is 2.53. The molecule has 2 aromatic carbocycles. The number of nitrogens with two attached hydrogens (primary N) is 1. The van der Waals surface area contributed by atoms with Crippen LogP contribution in [-0.2, 0) is 0 Å². The van der Waals surface area contributed by atoms with Gasteiger partial charge in [0.05, 0.1) is 11.1 Å². The summed E-state index contributed by atoms with van der Waals surface area (Å²) in [5.74, 6) is -1.67. The Kier molecular flexibility index (Phi) is 3.70. The van der Waals surface area contributed by atoms with E-state index in [1.165, 1.54) is 18.2 Å². The van der Waals surface area contributed by atoms with Gasteiger partial charge in [-0.15, -0.1) is 0 Å². The molecule has 1 amide bonds. The van der Waals surface area contributed by atoms with Crippen molar-refractivity contribution in [2.24, 2.45) is 0 Å².